The average molecular weight is 444 g/mol. The van der Waals surface area contributed by atoms with E-state index in [9.17, 15) is 9.18 Å². The number of halogens is 3. The minimum Gasteiger partial charge on any atom is -0.339 e. The van der Waals surface area contributed by atoms with Crippen LogP contribution in [-0.4, -0.2) is 23.4 Å². The Morgan fingerprint density at radius 3 is 2.40 bits per heavy atom. The van der Waals surface area contributed by atoms with Crippen molar-refractivity contribution in [3.05, 3.63) is 57.3 Å². The highest BCUT2D eigenvalue weighted by molar-refractivity contribution is 6.36. The summed E-state index contributed by atoms with van der Waals surface area (Å²) in [6.07, 6.45) is 12.7. The predicted molar refractivity (Wildman–Crippen MR) is 120 cm³/mol. The number of hydrogen-bond acceptors (Lipinski definition) is 1. The van der Waals surface area contributed by atoms with Crippen molar-refractivity contribution < 1.29 is 9.18 Å². The Balaban J connectivity index is 1.53. The molecule has 30 heavy (non-hydrogen) atoms. The van der Waals surface area contributed by atoms with Crippen molar-refractivity contribution in [2.24, 2.45) is 5.92 Å². The molecule has 1 aliphatic carbocycles. The number of amides is 1. The van der Waals surface area contributed by atoms with Gasteiger partial charge in [0.1, 0.15) is 5.82 Å². The molecule has 0 aromatic heterocycles. The maximum Gasteiger partial charge on any atom is 0.226 e. The largest absolute Gasteiger partial charge is 0.339 e. The Labute approximate surface area is 187 Å². The van der Waals surface area contributed by atoms with Gasteiger partial charge in [-0.25, -0.2) is 4.39 Å². The maximum atomic E-state index is 13.7. The van der Waals surface area contributed by atoms with E-state index in [-0.39, 0.29) is 17.4 Å². The van der Waals surface area contributed by atoms with Gasteiger partial charge in [0.05, 0.1) is 5.56 Å². The second kappa shape index (κ2) is 9.00. The Morgan fingerprint density at radius 2 is 1.73 bits per heavy atom. The summed E-state index contributed by atoms with van der Waals surface area (Å²) in [5.74, 6) is 2.07. The van der Waals surface area contributed by atoms with Gasteiger partial charge in [-0.2, -0.15) is 0 Å². The minimum absolute atomic E-state index is 0.0772. The Bertz CT molecular complexity index is 984. The Kier molecular flexibility index (Phi) is 6.37. The molecule has 156 valence electrons. The molecule has 1 saturated heterocycles. The molecule has 0 radical (unpaired) electrons. The molecule has 2 aromatic carbocycles. The summed E-state index contributed by atoms with van der Waals surface area (Å²) < 4.78 is 13.7. The van der Waals surface area contributed by atoms with Crippen LogP contribution in [0.15, 0.2) is 30.3 Å². The van der Waals surface area contributed by atoms with Gasteiger partial charge in [-0.05, 0) is 66.6 Å². The molecule has 1 aliphatic heterocycles. The predicted octanol–water partition coefficient (Wildman–Crippen LogP) is 6.50. The summed E-state index contributed by atoms with van der Waals surface area (Å²) in [5, 5.41) is 1.04. The van der Waals surface area contributed by atoms with Gasteiger partial charge < -0.3 is 4.90 Å². The monoisotopic (exact) mass is 443 g/mol. The quantitative estimate of drug-likeness (QED) is 0.493. The lowest BCUT2D eigenvalue weighted by atomic mass is 9.93. The molecule has 2 aromatic rings. The van der Waals surface area contributed by atoms with Gasteiger partial charge in [-0.1, -0.05) is 54.5 Å². The van der Waals surface area contributed by atoms with Gasteiger partial charge in [0.2, 0.25) is 5.91 Å². The van der Waals surface area contributed by atoms with Gasteiger partial charge in [0.25, 0.3) is 0 Å². The van der Waals surface area contributed by atoms with Gasteiger partial charge in [-0.3, -0.25) is 4.79 Å². The van der Waals surface area contributed by atoms with E-state index in [0.717, 1.165) is 42.5 Å². The van der Waals surface area contributed by atoms with Crippen LogP contribution in [0.5, 0.6) is 0 Å². The lowest BCUT2D eigenvalue weighted by Gasteiger charge is -2.31. The fourth-order valence-corrected chi connectivity index (χ4v) is 5.38. The number of benzene rings is 2. The van der Waals surface area contributed by atoms with Crippen LogP contribution in [0.1, 0.15) is 49.7 Å². The van der Waals surface area contributed by atoms with Crippen molar-refractivity contribution in [1.82, 2.24) is 4.90 Å². The van der Waals surface area contributed by atoms with E-state index in [2.05, 4.69) is 10.8 Å². The summed E-state index contributed by atoms with van der Waals surface area (Å²) in [4.78, 5) is 15.1. The lowest BCUT2D eigenvalue weighted by molar-refractivity contribution is -0.133. The molecule has 0 spiro atoms. The highest BCUT2D eigenvalue weighted by atomic mass is 35.5. The van der Waals surface area contributed by atoms with Crippen molar-refractivity contribution in [2.45, 2.75) is 51.0 Å². The van der Waals surface area contributed by atoms with E-state index in [1.807, 2.05) is 12.1 Å². The number of hydrogen-bond donors (Lipinski definition) is 0. The normalized spacial score (nSPS) is 19.9. The molecule has 0 N–H and O–H groups in total. The molecular formula is C25H24Cl2FNO. The van der Waals surface area contributed by atoms with Crippen molar-refractivity contribution in [1.29, 1.82) is 0 Å². The molecule has 1 amide bonds. The van der Waals surface area contributed by atoms with Gasteiger partial charge in [-0.15, -0.1) is 6.42 Å². The molecule has 1 heterocycles. The molecule has 5 heteroatoms. The van der Waals surface area contributed by atoms with Crippen LogP contribution < -0.4 is 0 Å². The highest BCUT2D eigenvalue weighted by Gasteiger charge is 2.36. The maximum absolute atomic E-state index is 13.7. The Morgan fingerprint density at radius 1 is 1.03 bits per heavy atom. The number of carbonyl (C=O) groups is 1. The van der Waals surface area contributed by atoms with Crippen molar-refractivity contribution in [2.75, 3.05) is 6.54 Å². The molecule has 2 nitrogen and oxygen atoms in total. The molecule has 1 unspecified atom stereocenters. The number of likely N-dealkylation sites (tertiary alicyclic amines) is 1. The van der Waals surface area contributed by atoms with Crippen molar-refractivity contribution in [3.8, 4) is 23.5 Å². The SMILES string of the molecule is C#Cc1cc(-c2cc(Cl)c(CC3CCN(C4CCCCC4)C3=O)c(Cl)c2)ccc1F. The van der Waals surface area contributed by atoms with E-state index in [4.69, 9.17) is 29.6 Å². The zero-order valence-corrected chi connectivity index (χ0v) is 18.3. The first-order chi connectivity index (χ1) is 14.5. The molecule has 1 saturated carbocycles. The van der Waals surface area contributed by atoms with E-state index in [1.165, 1.54) is 25.3 Å². The summed E-state index contributed by atoms with van der Waals surface area (Å²) in [7, 11) is 0. The summed E-state index contributed by atoms with van der Waals surface area (Å²) in [6, 6.07) is 8.63. The van der Waals surface area contributed by atoms with Crippen LogP contribution in [0.3, 0.4) is 0 Å². The highest BCUT2D eigenvalue weighted by Crippen LogP contribution is 2.36. The van der Waals surface area contributed by atoms with Crippen LogP contribution >= 0.6 is 23.2 Å². The molecular weight excluding hydrogens is 420 g/mol. The van der Waals surface area contributed by atoms with Crippen LogP contribution in [-0.2, 0) is 11.2 Å². The molecule has 0 bridgehead atoms. The summed E-state index contributed by atoms with van der Waals surface area (Å²) in [6.45, 7) is 0.825. The fourth-order valence-electron chi connectivity index (χ4n) is 4.73. The van der Waals surface area contributed by atoms with Gasteiger partial charge >= 0.3 is 0 Å². The van der Waals surface area contributed by atoms with Gasteiger partial charge in [0.15, 0.2) is 0 Å². The zero-order chi connectivity index (χ0) is 21.3. The average Bonchev–Trinajstić information content (AvgIpc) is 3.11. The van der Waals surface area contributed by atoms with Crippen LogP contribution in [0.2, 0.25) is 10.0 Å². The zero-order valence-electron chi connectivity index (χ0n) is 16.8. The third kappa shape index (κ3) is 4.22. The molecule has 2 aliphatic rings. The smallest absolute Gasteiger partial charge is 0.226 e. The van der Waals surface area contributed by atoms with Gasteiger partial charge in [0, 0.05) is 28.5 Å². The van der Waals surface area contributed by atoms with Crippen LogP contribution in [0, 0.1) is 24.1 Å². The molecule has 1 atom stereocenters. The lowest BCUT2D eigenvalue weighted by Crippen LogP contribution is -2.39. The van der Waals surface area contributed by atoms with E-state index < -0.39 is 5.82 Å². The van der Waals surface area contributed by atoms with E-state index >= 15 is 0 Å². The number of nitrogens with zero attached hydrogens (tertiary/aromatic N) is 1. The fraction of sp³-hybridized carbons (Fsp3) is 0.400. The van der Waals surface area contributed by atoms with Crippen LogP contribution in [0.25, 0.3) is 11.1 Å². The van der Waals surface area contributed by atoms with Crippen LogP contribution in [0.4, 0.5) is 4.39 Å². The first kappa shape index (κ1) is 21.2. The molecule has 4 rings (SSSR count). The van der Waals surface area contributed by atoms with E-state index in [1.54, 1.807) is 12.1 Å². The summed E-state index contributed by atoms with van der Waals surface area (Å²) in [5.41, 5.74) is 2.51. The first-order valence-electron chi connectivity index (χ1n) is 10.5. The number of rotatable bonds is 4. The standard InChI is InChI=1S/C25H24Cl2FNO/c1-2-16-12-17(8-9-24(16)28)19-14-22(26)21(23(27)15-19)13-18-10-11-29(25(18)30)20-6-4-3-5-7-20/h1,8-9,12,14-15,18,20H,3-7,10-11,13H2. The second-order valence-electron chi connectivity index (χ2n) is 8.27. The van der Waals surface area contributed by atoms with E-state index in [0.29, 0.717) is 22.5 Å². The minimum atomic E-state index is -0.433. The summed E-state index contributed by atoms with van der Waals surface area (Å²) >= 11 is 13.2. The third-order valence-electron chi connectivity index (χ3n) is 6.41. The second-order valence-corrected chi connectivity index (χ2v) is 9.08. The number of terminal acetylenes is 1. The number of carbonyl (C=O) groups excluding carboxylic acids is 1. The van der Waals surface area contributed by atoms with Crippen molar-refractivity contribution in [3.63, 3.8) is 0 Å². The molecule has 2 fully saturated rings. The topological polar surface area (TPSA) is 20.3 Å². The Hall–Kier alpha value is -2.02. The third-order valence-corrected chi connectivity index (χ3v) is 7.09. The first-order valence-corrected chi connectivity index (χ1v) is 11.3. The van der Waals surface area contributed by atoms with Crippen molar-refractivity contribution >= 4 is 29.1 Å².